The van der Waals surface area contributed by atoms with Gasteiger partial charge in [0.05, 0.1) is 0 Å². The van der Waals surface area contributed by atoms with E-state index in [9.17, 15) is 0 Å². The summed E-state index contributed by atoms with van der Waals surface area (Å²) in [6.45, 7) is 13.3. The van der Waals surface area contributed by atoms with Gasteiger partial charge in [0.1, 0.15) is 0 Å². The molecule has 0 aliphatic rings. The minimum atomic E-state index is 1.29. The van der Waals surface area contributed by atoms with Gasteiger partial charge in [-0.25, -0.2) is 0 Å². The van der Waals surface area contributed by atoms with E-state index in [1.165, 1.54) is 98.7 Å². The first-order valence-electron chi connectivity index (χ1n) is 14.3. The van der Waals surface area contributed by atoms with Crippen molar-refractivity contribution in [1.82, 2.24) is 0 Å². The molecule has 7 aromatic rings. The molecule has 0 unspecified atom stereocenters. The van der Waals surface area contributed by atoms with Gasteiger partial charge in [-0.05, 0) is 153 Å². The van der Waals surface area contributed by atoms with E-state index >= 15 is 0 Å². The molecule has 0 saturated heterocycles. The maximum Gasteiger partial charge on any atom is -0.00988 e. The molecule has 0 aromatic heterocycles. The van der Waals surface area contributed by atoms with Crippen molar-refractivity contribution in [3.8, 4) is 22.3 Å². The van der Waals surface area contributed by atoms with E-state index in [0.29, 0.717) is 0 Å². The van der Waals surface area contributed by atoms with Gasteiger partial charge in [0, 0.05) is 0 Å². The van der Waals surface area contributed by atoms with Crippen molar-refractivity contribution in [2.24, 2.45) is 0 Å². The fourth-order valence-electron chi connectivity index (χ4n) is 7.21. The maximum atomic E-state index is 2.42. The van der Waals surface area contributed by atoms with E-state index in [-0.39, 0.29) is 0 Å². The number of aryl methyl sites for hydroxylation is 6. The molecule has 0 spiro atoms. The van der Waals surface area contributed by atoms with E-state index in [0.717, 1.165) is 0 Å². The SMILES string of the molecule is Cc1cc(C)c(-c2ccc3c(ccc4cc5ccc6cc(-c7c(C)cc(C)cc7C)ccc6c5cc43)c2)c(C)c1. The Morgan fingerprint density at radius 1 is 0.300 bits per heavy atom. The number of fused-ring (bicyclic) bond motifs is 6. The Bertz CT molecular complexity index is 1960. The van der Waals surface area contributed by atoms with Crippen molar-refractivity contribution >= 4 is 43.1 Å². The van der Waals surface area contributed by atoms with Crippen LogP contribution in [0.1, 0.15) is 33.4 Å². The van der Waals surface area contributed by atoms with E-state index in [1.807, 2.05) is 0 Å². The highest BCUT2D eigenvalue weighted by Gasteiger charge is 2.12. The fraction of sp³-hybridized carbons (Fsp3) is 0.150. The summed E-state index contributed by atoms with van der Waals surface area (Å²) in [5.74, 6) is 0. The summed E-state index contributed by atoms with van der Waals surface area (Å²) in [5.41, 5.74) is 13.3. The number of hydrogen-bond acceptors (Lipinski definition) is 0. The van der Waals surface area contributed by atoms with Crippen LogP contribution >= 0.6 is 0 Å². The van der Waals surface area contributed by atoms with E-state index in [4.69, 9.17) is 0 Å². The van der Waals surface area contributed by atoms with Crippen molar-refractivity contribution in [2.45, 2.75) is 41.5 Å². The van der Waals surface area contributed by atoms with Crippen molar-refractivity contribution in [1.29, 1.82) is 0 Å². The molecule has 0 fully saturated rings. The van der Waals surface area contributed by atoms with Crippen LogP contribution in [0.3, 0.4) is 0 Å². The Balaban J connectivity index is 1.42. The van der Waals surface area contributed by atoms with Crippen LogP contribution in [0.25, 0.3) is 65.3 Å². The number of hydrogen-bond donors (Lipinski definition) is 0. The van der Waals surface area contributed by atoms with Gasteiger partial charge in [-0.15, -0.1) is 0 Å². The monoisotopic (exact) mass is 514 g/mol. The third-order valence-electron chi connectivity index (χ3n) is 8.72. The fourth-order valence-corrected chi connectivity index (χ4v) is 7.21. The molecule has 0 nitrogen and oxygen atoms in total. The highest BCUT2D eigenvalue weighted by atomic mass is 14.2. The average molecular weight is 515 g/mol. The van der Waals surface area contributed by atoms with Gasteiger partial charge in [0.25, 0.3) is 0 Å². The van der Waals surface area contributed by atoms with Crippen molar-refractivity contribution in [2.75, 3.05) is 0 Å². The van der Waals surface area contributed by atoms with Gasteiger partial charge < -0.3 is 0 Å². The number of benzene rings is 7. The summed E-state index contributed by atoms with van der Waals surface area (Å²) in [6.07, 6.45) is 0. The van der Waals surface area contributed by atoms with Gasteiger partial charge in [-0.1, -0.05) is 83.9 Å². The Kier molecular flexibility index (Phi) is 5.58. The molecule has 0 heterocycles. The zero-order valence-corrected chi connectivity index (χ0v) is 24.2. The van der Waals surface area contributed by atoms with Gasteiger partial charge in [-0.3, -0.25) is 0 Å². The van der Waals surface area contributed by atoms with Crippen LogP contribution in [0.5, 0.6) is 0 Å². The first kappa shape index (κ1) is 24.6. The van der Waals surface area contributed by atoms with E-state index in [2.05, 4.69) is 139 Å². The molecule has 0 aliphatic heterocycles. The molecule has 0 bridgehead atoms. The third kappa shape index (κ3) is 3.90. The standard InChI is InChI=1S/C40H34/c1-23-15-25(3)39(26(4)16-23)33-11-13-35-29(20-33)7-9-31-19-32-10-8-30-21-34(12-14-36(30)38(32)22-37(31)35)40-27(5)17-24(2)18-28(40)6/h7-22H,1-6H3. The molecule has 0 N–H and O–H groups in total. The highest BCUT2D eigenvalue weighted by molar-refractivity contribution is 6.18. The van der Waals surface area contributed by atoms with Crippen LogP contribution in [0, 0.1) is 41.5 Å². The molecule has 40 heavy (non-hydrogen) atoms. The molecule has 0 atom stereocenters. The smallest absolute Gasteiger partial charge is 0.00988 e. The lowest BCUT2D eigenvalue weighted by atomic mass is 9.90. The van der Waals surface area contributed by atoms with E-state index in [1.54, 1.807) is 0 Å². The topological polar surface area (TPSA) is 0 Å². The summed E-state index contributed by atoms with van der Waals surface area (Å²) in [7, 11) is 0. The largest absolute Gasteiger partial charge is 0.0557 e. The lowest BCUT2D eigenvalue weighted by Crippen LogP contribution is -1.91. The molecule has 0 heteroatoms. The third-order valence-corrected chi connectivity index (χ3v) is 8.72. The summed E-state index contributed by atoms with van der Waals surface area (Å²) in [6, 6.07) is 37.0. The van der Waals surface area contributed by atoms with Gasteiger partial charge in [0.2, 0.25) is 0 Å². The van der Waals surface area contributed by atoms with Crippen molar-refractivity contribution < 1.29 is 0 Å². The van der Waals surface area contributed by atoms with Crippen LogP contribution in [-0.2, 0) is 0 Å². The summed E-state index contributed by atoms with van der Waals surface area (Å²) in [5, 5.41) is 10.4. The molecule has 0 amide bonds. The lowest BCUT2D eigenvalue weighted by Gasteiger charge is -2.15. The molecule has 194 valence electrons. The minimum Gasteiger partial charge on any atom is -0.0557 e. The second-order valence-electron chi connectivity index (χ2n) is 11.8. The van der Waals surface area contributed by atoms with Crippen LogP contribution in [0.15, 0.2) is 97.1 Å². The zero-order valence-electron chi connectivity index (χ0n) is 24.2. The molecular weight excluding hydrogens is 480 g/mol. The molecular formula is C40H34. The van der Waals surface area contributed by atoms with Gasteiger partial charge in [-0.2, -0.15) is 0 Å². The molecule has 7 rings (SSSR count). The molecule has 0 saturated carbocycles. The summed E-state index contributed by atoms with van der Waals surface area (Å²) < 4.78 is 0. The Morgan fingerprint density at radius 3 is 1.02 bits per heavy atom. The Hall–Kier alpha value is -4.42. The molecule has 7 aromatic carbocycles. The van der Waals surface area contributed by atoms with Crippen LogP contribution in [0.4, 0.5) is 0 Å². The van der Waals surface area contributed by atoms with Crippen molar-refractivity contribution in [3.05, 3.63) is 130 Å². The summed E-state index contributed by atoms with van der Waals surface area (Å²) in [4.78, 5) is 0. The zero-order chi connectivity index (χ0) is 27.7. The predicted molar refractivity (Wildman–Crippen MR) is 176 cm³/mol. The van der Waals surface area contributed by atoms with E-state index < -0.39 is 0 Å². The molecule has 0 aliphatic carbocycles. The lowest BCUT2D eigenvalue weighted by molar-refractivity contribution is 1.32. The average Bonchev–Trinajstić information content (AvgIpc) is 2.90. The minimum absolute atomic E-state index is 1.29. The van der Waals surface area contributed by atoms with Gasteiger partial charge in [0.15, 0.2) is 0 Å². The van der Waals surface area contributed by atoms with Crippen molar-refractivity contribution in [3.63, 3.8) is 0 Å². The number of rotatable bonds is 2. The first-order chi connectivity index (χ1) is 19.3. The van der Waals surface area contributed by atoms with Crippen LogP contribution < -0.4 is 0 Å². The summed E-state index contributed by atoms with van der Waals surface area (Å²) >= 11 is 0. The van der Waals surface area contributed by atoms with Crippen LogP contribution in [-0.4, -0.2) is 0 Å². The maximum absolute atomic E-state index is 2.42. The second kappa shape index (κ2) is 9.07. The van der Waals surface area contributed by atoms with Crippen LogP contribution in [0.2, 0.25) is 0 Å². The predicted octanol–water partition coefficient (Wildman–Crippen LogP) is 11.5. The normalized spacial score (nSPS) is 11.8. The van der Waals surface area contributed by atoms with Gasteiger partial charge >= 0.3 is 0 Å². The second-order valence-corrected chi connectivity index (χ2v) is 11.8. The Morgan fingerprint density at radius 2 is 0.650 bits per heavy atom. The molecule has 0 radical (unpaired) electrons. The highest BCUT2D eigenvalue weighted by Crippen LogP contribution is 2.38. The quantitative estimate of drug-likeness (QED) is 0.159. The first-order valence-corrected chi connectivity index (χ1v) is 14.3. The Labute approximate surface area is 236 Å².